The lowest BCUT2D eigenvalue weighted by atomic mass is 10.2. The summed E-state index contributed by atoms with van der Waals surface area (Å²) in [6.07, 6.45) is 6.20. The van der Waals surface area contributed by atoms with E-state index in [1.165, 1.54) is 5.69 Å². The van der Waals surface area contributed by atoms with Crippen LogP contribution in [-0.2, 0) is 20.9 Å². The molecule has 0 unspecified atom stereocenters. The lowest BCUT2D eigenvalue weighted by molar-refractivity contribution is -0.142. The molecule has 1 N–H and O–H groups in total. The number of carbonyl (C=O) groups excluding carboxylic acids is 3. The van der Waals surface area contributed by atoms with Crippen LogP contribution in [0, 0.1) is 0 Å². The molecule has 0 bridgehead atoms. The standard InChI is InChI=1S/C19H21N5O3/c25-17(12-23-18(26)3-4-19(23)27)21-9-10-24-16(14-1-2-14)11-15(22-24)13-5-7-20-8-6-13/h5-8,11,14H,1-4,9-10,12H2,(H,21,25). The van der Waals surface area contributed by atoms with Crippen LogP contribution in [0.5, 0.6) is 0 Å². The number of aromatic nitrogens is 3. The van der Waals surface area contributed by atoms with Gasteiger partial charge in [0.2, 0.25) is 17.7 Å². The summed E-state index contributed by atoms with van der Waals surface area (Å²) in [5.74, 6) is -0.350. The Labute approximate surface area is 156 Å². The highest BCUT2D eigenvalue weighted by Gasteiger charge is 2.30. The molecule has 0 radical (unpaired) electrons. The molecule has 140 valence electrons. The van der Waals surface area contributed by atoms with Gasteiger partial charge in [0.15, 0.2) is 0 Å². The van der Waals surface area contributed by atoms with E-state index in [-0.39, 0.29) is 37.1 Å². The van der Waals surface area contributed by atoms with Gasteiger partial charge in [-0.25, -0.2) is 0 Å². The molecule has 2 aliphatic rings. The summed E-state index contributed by atoms with van der Waals surface area (Å²) < 4.78 is 1.94. The molecule has 8 heteroatoms. The molecule has 0 atom stereocenters. The van der Waals surface area contributed by atoms with E-state index in [4.69, 9.17) is 0 Å². The summed E-state index contributed by atoms with van der Waals surface area (Å²) in [6, 6.07) is 5.96. The van der Waals surface area contributed by atoms with Crippen LogP contribution in [0.2, 0.25) is 0 Å². The van der Waals surface area contributed by atoms with E-state index < -0.39 is 0 Å². The highest BCUT2D eigenvalue weighted by molar-refractivity contribution is 6.04. The van der Waals surface area contributed by atoms with Gasteiger partial charge in [-0.15, -0.1) is 0 Å². The maximum Gasteiger partial charge on any atom is 0.240 e. The van der Waals surface area contributed by atoms with E-state index in [9.17, 15) is 14.4 Å². The maximum absolute atomic E-state index is 12.0. The van der Waals surface area contributed by atoms with Crippen molar-refractivity contribution in [2.75, 3.05) is 13.1 Å². The van der Waals surface area contributed by atoms with Crippen molar-refractivity contribution in [3.05, 3.63) is 36.3 Å². The lowest BCUT2D eigenvalue weighted by Crippen LogP contribution is -2.40. The van der Waals surface area contributed by atoms with Crippen LogP contribution in [0.4, 0.5) is 0 Å². The molecule has 2 fully saturated rings. The maximum atomic E-state index is 12.0. The SMILES string of the molecule is O=C(CN1C(=O)CCC1=O)NCCn1nc(-c2ccncc2)cc1C1CC1. The van der Waals surface area contributed by atoms with Crippen LogP contribution in [0.15, 0.2) is 30.6 Å². The zero-order valence-corrected chi connectivity index (χ0v) is 14.9. The van der Waals surface area contributed by atoms with Crippen molar-refractivity contribution in [2.24, 2.45) is 0 Å². The molecule has 1 saturated carbocycles. The Balaban J connectivity index is 1.36. The summed E-state index contributed by atoms with van der Waals surface area (Å²) in [5, 5.41) is 7.46. The fraction of sp³-hybridized carbons (Fsp3) is 0.421. The Morgan fingerprint density at radius 2 is 1.85 bits per heavy atom. The van der Waals surface area contributed by atoms with Crippen molar-refractivity contribution in [1.82, 2.24) is 25.0 Å². The minimum absolute atomic E-state index is 0.196. The summed E-state index contributed by atoms with van der Waals surface area (Å²) in [5.41, 5.74) is 3.10. The average molecular weight is 367 g/mol. The first kappa shape index (κ1) is 17.4. The molecule has 27 heavy (non-hydrogen) atoms. The Morgan fingerprint density at radius 3 is 2.52 bits per heavy atom. The molecule has 2 aromatic heterocycles. The van der Waals surface area contributed by atoms with Crippen LogP contribution in [-0.4, -0.2) is 50.5 Å². The van der Waals surface area contributed by atoms with Gasteiger partial charge < -0.3 is 5.32 Å². The van der Waals surface area contributed by atoms with Gasteiger partial charge in [0, 0.05) is 49.0 Å². The molecule has 1 aliphatic heterocycles. The van der Waals surface area contributed by atoms with Crippen molar-refractivity contribution >= 4 is 17.7 Å². The Hall–Kier alpha value is -3.03. The lowest BCUT2D eigenvalue weighted by Gasteiger charge is -2.13. The summed E-state index contributed by atoms with van der Waals surface area (Å²) in [7, 11) is 0. The van der Waals surface area contributed by atoms with Crippen LogP contribution < -0.4 is 5.32 Å². The third kappa shape index (κ3) is 3.89. The zero-order chi connectivity index (χ0) is 18.8. The number of nitrogens with zero attached hydrogens (tertiary/aromatic N) is 4. The van der Waals surface area contributed by atoms with Crippen molar-refractivity contribution in [2.45, 2.75) is 38.1 Å². The molecule has 3 amide bonds. The van der Waals surface area contributed by atoms with Gasteiger partial charge in [-0.05, 0) is 31.0 Å². The number of pyridine rings is 1. The van der Waals surface area contributed by atoms with Gasteiger partial charge in [0.25, 0.3) is 0 Å². The molecule has 3 heterocycles. The smallest absolute Gasteiger partial charge is 0.240 e. The Kier molecular flexibility index (Phi) is 4.70. The predicted octanol–water partition coefficient (Wildman–Crippen LogP) is 1.09. The number of hydrogen-bond donors (Lipinski definition) is 1. The van der Waals surface area contributed by atoms with Gasteiger partial charge in [-0.3, -0.25) is 28.9 Å². The second-order valence-corrected chi connectivity index (χ2v) is 6.91. The highest BCUT2D eigenvalue weighted by Crippen LogP contribution is 2.41. The first-order valence-corrected chi connectivity index (χ1v) is 9.20. The van der Waals surface area contributed by atoms with Crippen molar-refractivity contribution in [3.8, 4) is 11.3 Å². The van der Waals surface area contributed by atoms with Crippen LogP contribution >= 0.6 is 0 Å². The second-order valence-electron chi connectivity index (χ2n) is 6.91. The van der Waals surface area contributed by atoms with Crippen molar-refractivity contribution in [3.63, 3.8) is 0 Å². The number of carbonyl (C=O) groups is 3. The molecule has 0 spiro atoms. The van der Waals surface area contributed by atoms with Crippen LogP contribution in [0.1, 0.15) is 37.3 Å². The van der Waals surface area contributed by atoms with E-state index in [2.05, 4.69) is 21.5 Å². The molecule has 2 aromatic rings. The largest absolute Gasteiger partial charge is 0.353 e. The summed E-state index contributed by atoms with van der Waals surface area (Å²) in [4.78, 5) is 40.3. The quantitative estimate of drug-likeness (QED) is 0.739. The molecule has 1 saturated heterocycles. The van der Waals surface area contributed by atoms with E-state index in [1.54, 1.807) is 12.4 Å². The summed E-state index contributed by atoms with van der Waals surface area (Å²) >= 11 is 0. The van der Waals surface area contributed by atoms with Gasteiger partial charge in [-0.1, -0.05) is 0 Å². The second kappa shape index (κ2) is 7.30. The highest BCUT2D eigenvalue weighted by atomic mass is 16.2. The third-order valence-corrected chi connectivity index (χ3v) is 4.89. The van der Waals surface area contributed by atoms with Gasteiger partial charge in [0.1, 0.15) is 6.54 Å². The molecule has 1 aliphatic carbocycles. The monoisotopic (exact) mass is 367 g/mol. The Morgan fingerprint density at radius 1 is 1.15 bits per heavy atom. The van der Waals surface area contributed by atoms with Gasteiger partial charge in [-0.2, -0.15) is 5.10 Å². The normalized spacial score (nSPS) is 16.8. The average Bonchev–Trinajstić information content (AvgIpc) is 3.37. The first-order valence-electron chi connectivity index (χ1n) is 9.20. The van der Waals surface area contributed by atoms with Gasteiger partial charge >= 0.3 is 0 Å². The van der Waals surface area contributed by atoms with Gasteiger partial charge in [0.05, 0.1) is 12.2 Å². The fourth-order valence-electron chi connectivity index (χ4n) is 3.28. The number of rotatable bonds is 7. The number of nitrogens with one attached hydrogen (secondary N) is 1. The number of imide groups is 1. The minimum atomic E-state index is -0.326. The first-order chi connectivity index (χ1) is 13.1. The number of likely N-dealkylation sites (tertiary alicyclic amines) is 1. The number of hydrogen-bond acceptors (Lipinski definition) is 5. The molecule has 4 rings (SSSR count). The van der Waals surface area contributed by atoms with Crippen molar-refractivity contribution < 1.29 is 14.4 Å². The minimum Gasteiger partial charge on any atom is -0.353 e. The Bertz CT molecular complexity index is 857. The predicted molar refractivity (Wildman–Crippen MR) is 96.4 cm³/mol. The van der Waals surface area contributed by atoms with E-state index >= 15 is 0 Å². The topological polar surface area (TPSA) is 97.2 Å². The fourth-order valence-corrected chi connectivity index (χ4v) is 3.28. The van der Waals surface area contributed by atoms with Crippen molar-refractivity contribution in [1.29, 1.82) is 0 Å². The van der Waals surface area contributed by atoms with Crippen LogP contribution in [0.3, 0.4) is 0 Å². The zero-order valence-electron chi connectivity index (χ0n) is 14.9. The number of amides is 3. The molecular formula is C19H21N5O3. The van der Waals surface area contributed by atoms with E-state index in [1.807, 2.05) is 16.8 Å². The third-order valence-electron chi connectivity index (χ3n) is 4.89. The van der Waals surface area contributed by atoms with E-state index in [0.717, 1.165) is 29.0 Å². The molecule has 0 aromatic carbocycles. The van der Waals surface area contributed by atoms with E-state index in [0.29, 0.717) is 19.0 Å². The molecule has 8 nitrogen and oxygen atoms in total. The summed E-state index contributed by atoms with van der Waals surface area (Å²) in [6.45, 7) is 0.741. The molecular weight excluding hydrogens is 346 g/mol. The van der Waals surface area contributed by atoms with Crippen LogP contribution in [0.25, 0.3) is 11.3 Å².